The lowest BCUT2D eigenvalue weighted by atomic mass is 10.1. The van der Waals surface area contributed by atoms with Crippen molar-refractivity contribution < 1.29 is 13.2 Å². The van der Waals surface area contributed by atoms with Crippen LogP contribution in [0.3, 0.4) is 0 Å². The maximum atomic E-state index is 12.9. The highest BCUT2D eigenvalue weighted by molar-refractivity contribution is 5.84. The van der Waals surface area contributed by atoms with Crippen molar-refractivity contribution in [2.45, 2.75) is 13.1 Å². The van der Waals surface area contributed by atoms with E-state index in [1.54, 1.807) is 12.3 Å². The Hall–Kier alpha value is -4.20. The number of aromatic nitrogens is 4. The Morgan fingerprint density at radius 2 is 1.58 bits per heavy atom. The van der Waals surface area contributed by atoms with E-state index in [2.05, 4.69) is 19.9 Å². The van der Waals surface area contributed by atoms with Crippen LogP contribution in [0.15, 0.2) is 85.1 Å². The van der Waals surface area contributed by atoms with Gasteiger partial charge in [-0.15, -0.1) is 0 Å². The smallest absolute Gasteiger partial charge is 0.325 e. The second-order valence-electron chi connectivity index (χ2n) is 7.49. The lowest BCUT2D eigenvalue weighted by Crippen LogP contribution is -2.09. The Morgan fingerprint density at radius 3 is 2.36 bits per heavy atom. The third-order valence-corrected chi connectivity index (χ3v) is 5.23. The largest absolute Gasteiger partial charge is 0.433 e. The zero-order valence-electron chi connectivity index (χ0n) is 17.5. The van der Waals surface area contributed by atoms with Gasteiger partial charge >= 0.3 is 6.18 Å². The fourth-order valence-electron chi connectivity index (χ4n) is 3.76. The molecule has 0 aliphatic carbocycles. The molecule has 1 N–H and O–H groups in total. The number of hydrogen-bond donors (Lipinski definition) is 1. The minimum absolute atomic E-state index is 0.0714. The maximum Gasteiger partial charge on any atom is 0.433 e. The van der Waals surface area contributed by atoms with Crippen molar-refractivity contribution in [3.8, 4) is 16.8 Å². The third-order valence-electron chi connectivity index (χ3n) is 5.23. The van der Waals surface area contributed by atoms with E-state index in [9.17, 15) is 13.2 Å². The molecule has 164 valence electrons. The molecule has 0 atom stereocenters. The second kappa shape index (κ2) is 8.05. The average Bonchev–Trinajstić information content (AvgIpc) is 3.14. The highest BCUT2D eigenvalue weighted by Gasteiger charge is 2.32. The van der Waals surface area contributed by atoms with E-state index in [1.807, 2.05) is 61.5 Å². The van der Waals surface area contributed by atoms with Gasteiger partial charge in [0.25, 0.3) is 0 Å². The fourth-order valence-corrected chi connectivity index (χ4v) is 3.76. The number of anilines is 2. The molecule has 0 bridgehead atoms. The maximum absolute atomic E-state index is 12.9. The monoisotopic (exact) mass is 445 g/mol. The predicted molar refractivity (Wildman–Crippen MR) is 122 cm³/mol. The Kier molecular flexibility index (Phi) is 5.05. The van der Waals surface area contributed by atoms with E-state index < -0.39 is 11.9 Å². The quantitative estimate of drug-likeness (QED) is 0.341. The molecule has 8 heteroatoms. The number of nitrogens with one attached hydrogen (secondary N) is 1. The number of para-hydroxylation sites is 1. The second-order valence-corrected chi connectivity index (χ2v) is 7.49. The van der Waals surface area contributed by atoms with Crippen molar-refractivity contribution in [2.75, 3.05) is 5.32 Å². The molecule has 0 unspecified atom stereocenters. The van der Waals surface area contributed by atoms with Crippen LogP contribution in [0.25, 0.3) is 27.8 Å². The molecule has 0 saturated carbocycles. The summed E-state index contributed by atoms with van der Waals surface area (Å²) in [5, 5.41) is 2.86. The zero-order chi connectivity index (χ0) is 23.0. The van der Waals surface area contributed by atoms with Crippen molar-refractivity contribution in [3.05, 3.63) is 96.6 Å². The van der Waals surface area contributed by atoms with Gasteiger partial charge in [-0.05, 0) is 66.6 Å². The molecule has 5 aromatic rings. The Labute approximate surface area is 187 Å². The molecule has 0 aliphatic heterocycles. The van der Waals surface area contributed by atoms with Crippen LogP contribution in [0.4, 0.5) is 24.8 Å². The number of nitrogens with zero attached hydrogens (tertiary/aromatic N) is 4. The minimum Gasteiger partial charge on any atom is -0.325 e. The third kappa shape index (κ3) is 4.15. The van der Waals surface area contributed by atoms with Crippen LogP contribution in [0.5, 0.6) is 0 Å². The molecule has 3 aromatic heterocycles. The SMILES string of the molecule is Cc1nc2cc(-c3ccnc(Nc4cccc(C(F)(F)F)n4)c3)ccc2n1-c1ccccc1. The van der Waals surface area contributed by atoms with E-state index in [0.717, 1.165) is 39.7 Å². The first-order valence-electron chi connectivity index (χ1n) is 10.2. The van der Waals surface area contributed by atoms with Crippen molar-refractivity contribution in [3.63, 3.8) is 0 Å². The Bertz CT molecular complexity index is 1440. The van der Waals surface area contributed by atoms with E-state index in [0.29, 0.717) is 5.82 Å². The van der Waals surface area contributed by atoms with Gasteiger partial charge in [-0.2, -0.15) is 13.2 Å². The lowest BCUT2D eigenvalue weighted by molar-refractivity contribution is -0.141. The molecule has 0 amide bonds. The standard InChI is InChI=1S/C25H18F3N5/c1-16-30-20-14-17(10-11-21(20)33(16)19-6-3-2-4-7-19)18-12-13-29-24(15-18)32-23-9-5-8-22(31-23)25(26,27)28/h2-15H,1H3,(H,29,31,32). The molecular formula is C25H18F3N5. The van der Waals surface area contributed by atoms with Crippen molar-refractivity contribution in [2.24, 2.45) is 0 Å². The summed E-state index contributed by atoms with van der Waals surface area (Å²) >= 11 is 0. The number of rotatable bonds is 4. The normalized spacial score (nSPS) is 11.6. The number of halogens is 3. The molecule has 0 radical (unpaired) electrons. The molecule has 33 heavy (non-hydrogen) atoms. The van der Waals surface area contributed by atoms with E-state index >= 15 is 0 Å². The Morgan fingerprint density at radius 1 is 0.788 bits per heavy atom. The van der Waals surface area contributed by atoms with E-state index in [1.165, 1.54) is 12.1 Å². The zero-order valence-corrected chi connectivity index (χ0v) is 17.5. The number of fused-ring (bicyclic) bond motifs is 1. The molecule has 0 aliphatic rings. The first-order valence-corrected chi connectivity index (χ1v) is 10.2. The number of aryl methyl sites for hydroxylation is 1. The van der Waals surface area contributed by atoms with Gasteiger partial charge < -0.3 is 5.32 Å². The number of hydrogen-bond acceptors (Lipinski definition) is 4. The van der Waals surface area contributed by atoms with Crippen molar-refractivity contribution in [1.82, 2.24) is 19.5 Å². The van der Waals surface area contributed by atoms with E-state index in [4.69, 9.17) is 4.98 Å². The van der Waals surface area contributed by atoms with Crippen LogP contribution < -0.4 is 5.32 Å². The minimum atomic E-state index is -4.51. The number of benzene rings is 2. The van der Waals surface area contributed by atoms with Crippen LogP contribution in [-0.2, 0) is 6.18 Å². The molecule has 2 aromatic carbocycles. The highest BCUT2D eigenvalue weighted by Crippen LogP contribution is 2.30. The molecule has 3 heterocycles. The molecule has 0 spiro atoms. The van der Waals surface area contributed by atoms with Gasteiger partial charge in [-0.3, -0.25) is 4.57 Å². The number of imidazole rings is 1. The summed E-state index contributed by atoms with van der Waals surface area (Å²) in [6.45, 7) is 1.96. The highest BCUT2D eigenvalue weighted by atomic mass is 19.4. The summed E-state index contributed by atoms with van der Waals surface area (Å²) < 4.78 is 40.9. The van der Waals surface area contributed by atoms with Crippen LogP contribution in [0.1, 0.15) is 11.5 Å². The van der Waals surface area contributed by atoms with Crippen molar-refractivity contribution in [1.29, 1.82) is 0 Å². The van der Waals surface area contributed by atoms with Crippen LogP contribution in [-0.4, -0.2) is 19.5 Å². The van der Waals surface area contributed by atoms with Gasteiger partial charge in [0.15, 0.2) is 0 Å². The molecule has 0 saturated heterocycles. The van der Waals surface area contributed by atoms with Crippen LogP contribution in [0, 0.1) is 6.92 Å². The molecule has 0 fully saturated rings. The average molecular weight is 445 g/mol. The number of pyridine rings is 2. The summed E-state index contributed by atoms with van der Waals surface area (Å²) in [7, 11) is 0. The van der Waals surface area contributed by atoms with Crippen LogP contribution >= 0.6 is 0 Å². The summed E-state index contributed by atoms with van der Waals surface area (Å²) in [5.74, 6) is 1.34. The fraction of sp³-hybridized carbons (Fsp3) is 0.0800. The van der Waals surface area contributed by atoms with E-state index in [-0.39, 0.29) is 5.82 Å². The van der Waals surface area contributed by atoms with Crippen molar-refractivity contribution >= 4 is 22.7 Å². The first-order chi connectivity index (χ1) is 15.9. The van der Waals surface area contributed by atoms with Gasteiger partial charge in [0.2, 0.25) is 0 Å². The van der Waals surface area contributed by atoms with Gasteiger partial charge in [0.1, 0.15) is 23.2 Å². The van der Waals surface area contributed by atoms with Gasteiger partial charge in [-0.1, -0.05) is 30.3 Å². The molecule has 5 rings (SSSR count). The lowest BCUT2D eigenvalue weighted by Gasteiger charge is -2.10. The predicted octanol–water partition coefficient (Wildman–Crippen LogP) is 6.55. The van der Waals surface area contributed by atoms with Crippen LogP contribution in [0.2, 0.25) is 0 Å². The number of alkyl halides is 3. The molecule has 5 nitrogen and oxygen atoms in total. The summed E-state index contributed by atoms with van der Waals surface area (Å²) in [6, 6.07) is 23.3. The first kappa shape index (κ1) is 20.7. The van der Waals surface area contributed by atoms with Gasteiger partial charge in [0.05, 0.1) is 11.0 Å². The summed E-state index contributed by atoms with van der Waals surface area (Å²) in [4.78, 5) is 12.6. The van der Waals surface area contributed by atoms with Gasteiger partial charge in [0, 0.05) is 11.9 Å². The van der Waals surface area contributed by atoms with Gasteiger partial charge in [-0.25, -0.2) is 15.0 Å². The summed E-state index contributed by atoms with van der Waals surface area (Å²) in [6.07, 6.45) is -2.91. The summed E-state index contributed by atoms with van der Waals surface area (Å²) in [5.41, 5.74) is 3.69. The topological polar surface area (TPSA) is 55.6 Å². The molecular weight excluding hydrogens is 427 g/mol. The Balaban J connectivity index is 1.47.